The molecular weight excluding hydrogens is 304 g/mol. The molecule has 0 aromatic carbocycles. The van der Waals surface area contributed by atoms with E-state index in [1.807, 2.05) is 0 Å². The van der Waals surface area contributed by atoms with E-state index in [1.165, 1.54) is 13.0 Å². The first-order chi connectivity index (χ1) is 10.6. The Morgan fingerprint density at radius 1 is 1.39 bits per heavy atom. The molecule has 23 heavy (non-hydrogen) atoms. The van der Waals surface area contributed by atoms with E-state index in [4.69, 9.17) is 9.47 Å². The van der Waals surface area contributed by atoms with Gasteiger partial charge in [-0.25, -0.2) is 0 Å². The second-order valence-corrected chi connectivity index (χ2v) is 7.47. The van der Waals surface area contributed by atoms with Gasteiger partial charge in [0.1, 0.15) is 23.4 Å². The number of carbonyl (C=O) groups is 2. The van der Waals surface area contributed by atoms with E-state index < -0.39 is 52.1 Å². The molecule has 7 heteroatoms. The summed E-state index contributed by atoms with van der Waals surface area (Å²) in [5.41, 5.74) is -6.85. The largest absolute Gasteiger partial charge is 0.390 e. The number of ether oxygens (including phenoxy) is 2. The maximum atomic E-state index is 12.6. The predicted molar refractivity (Wildman–Crippen MR) is 75.4 cm³/mol. The molecule has 3 fully saturated rings. The maximum absolute atomic E-state index is 12.6. The number of aliphatic hydroxyl groups is 3. The summed E-state index contributed by atoms with van der Waals surface area (Å²) in [6.45, 7) is 4.43. The number of carbonyl (C=O) groups excluding carboxylic acids is 2. The Balaban J connectivity index is 2.01. The molecule has 2 heterocycles. The van der Waals surface area contributed by atoms with Crippen molar-refractivity contribution in [3.05, 3.63) is 11.6 Å². The maximum Gasteiger partial charge on any atom is 0.217 e. The summed E-state index contributed by atoms with van der Waals surface area (Å²) in [5, 5.41) is 33.0. The van der Waals surface area contributed by atoms with E-state index in [9.17, 15) is 24.9 Å². The fraction of sp³-hybridized carbons (Fsp3) is 0.750. The first-order valence-electron chi connectivity index (χ1n) is 7.73. The highest BCUT2D eigenvalue weighted by molar-refractivity contribution is 6.18. The Bertz CT molecular complexity index is 665. The monoisotopic (exact) mass is 324 g/mol. The van der Waals surface area contributed by atoms with Gasteiger partial charge in [0.25, 0.3) is 0 Å². The van der Waals surface area contributed by atoms with Crippen LogP contribution in [-0.2, 0) is 19.1 Å². The molecule has 0 aromatic rings. The normalized spacial score (nSPS) is 57.2. The van der Waals surface area contributed by atoms with Crippen molar-refractivity contribution >= 4 is 11.6 Å². The summed E-state index contributed by atoms with van der Waals surface area (Å²) in [7, 11) is 0. The first kappa shape index (κ1) is 15.4. The van der Waals surface area contributed by atoms with Crippen molar-refractivity contribution < 1.29 is 34.4 Å². The van der Waals surface area contributed by atoms with Gasteiger partial charge in [-0.2, -0.15) is 0 Å². The molecule has 1 spiro atoms. The van der Waals surface area contributed by atoms with Crippen molar-refractivity contribution in [3.8, 4) is 0 Å². The van der Waals surface area contributed by atoms with Crippen molar-refractivity contribution in [3.63, 3.8) is 0 Å². The van der Waals surface area contributed by atoms with Crippen LogP contribution in [0.5, 0.6) is 0 Å². The summed E-state index contributed by atoms with van der Waals surface area (Å²) in [5.74, 6) is -1.67. The second-order valence-electron chi connectivity index (χ2n) is 7.47. The van der Waals surface area contributed by atoms with Crippen LogP contribution in [0.2, 0.25) is 0 Å². The summed E-state index contributed by atoms with van der Waals surface area (Å²) in [4.78, 5) is 24.9. The van der Waals surface area contributed by atoms with Crippen molar-refractivity contribution in [2.75, 3.05) is 6.61 Å². The Morgan fingerprint density at radius 3 is 2.52 bits per heavy atom. The van der Waals surface area contributed by atoms with Crippen molar-refractivity contribution in [1.29, 1.82) is 0 Å². The highest BCUT2D eigenvalue weighted by Crippen LogP contribution is 2.69. The van der Waals surface area contributed by atoms with E-state index >= 15 is 0 Å². The second kappa shape index (κ2) is 3.92. The molecule has 2 saturated heterocycles. The molecule has 2 aliphatic carbocycles. The fourth-order valence-electron chi connectivity index (χ4n) is 5.09. The number of hydrogen-bond donors (Lipinski definition) is 3. The molecule has 7 atom stereocenters. The van der Waals surface area contributed by atoms with Crippen LogP contribution >= 0.6 is 0 Å². The van der Waals surface area contributed by atoms with E-state index in [-0.39, 0.29) is 18.6 Å². The van der Waals surface area contributed by atoms with Gasteiger partial charge in [0.05, 0.1) is 12.7 Å². The number of hydrogen-bond acceptors (Lipinski definition) is 7. The van der Waals surface area contributed by atoms with E-state index in [0.29, 0.717) is 0 Å². The molecular formula is C16H20O7. The molecule has 7 unspecified atom stereocenters. The van der Waals surface area contributed by atoms with Crippen LogP contribution in [0.1, 0.15) is 27.2 Å². The third kappa shape index (κ3) is 1.29. The molecule has 4 rings (SSSR count). The van der Waals surface area contributed by atoms with Gasteiger partial charge in [0.15, 0.2) is 5.78 Å². The van der Waals surface area contributed by atoms with Gasteiger partial charge in [0.2, 0.25) is 11.4 Å². The SMILES string of the molecule is CC(=O)C1(O)C(=O)C(C)=CC2OC3C(O)CC(C)(C34CO4)C21O. The molecule has 7 nitrogen and oxygen atoms in total. The summed E-state index contributed by atoms with van der Waals surface area (Å²) >= 11 is 0. The highest BCUT2D eigenvalue weighted by Gasteiger charge is 2.86. The molecule has 4 aliphatic rings. The molecule has 0 radical (unpaired) electrons. The van der Waals surface area contributed by atoms with Crippen LogP contribution in [0, 0.1) is 5.41 Å². The zero-order valence-electron chi connectivity index (χ0n) is 13.2. The van der Waals surface area contributed by atoms with Gasteiger partial charge in [-0.1, -0.05) is 6.92 Å². The van der Waals surface area contributed by atoms with Crippen LogP contribution in [0.15, 0.2) is 11.6 Å². The van der Waals surface area contributed by atoms with Crippen LogP contribution in [-0.4, -0.2) is 68.6 Å². The lowest BCUT2D eigenvalue weighted by molar-refractivity contribution is -0.288. The quantitative estimate of drug-likeness (QED) is 0.413. The zero-order chi connectivity index (χ0) is 17.0. The summed E-state index contributed by atoms with van der Waals surface area (Å²) in [6, 6.07) is 0. The van der Waals surface area contributed by atoms with Gasteiger partial charge in [-0.3, -0.25) is 9.59 Å². The number of aliphatic hydroxyl groups excluding tert-OH is 1. The molecule has 0 amide bonds. The minimum absolute atomic E-state index is 0.0699. The third-order valence-electron chi connectivity index (χ3n) is 6.51. The van der Waals surface area contributed by atoms with Crippen LogP contribution in [0.25, 0.3) is 0 Å². The smallest absolute Gasteiger partial charge is 0.217 e. The number of fused-ring (bicyclic) bond motifs is 2. The van der Waals surface area contributed by atoms with Gasteiger partial charge >= 0.3 is 0 Å². The van der Waals surface area contributed by atoms with Gasteiger partial charge < -0.3 is 24.8 Å². The first-order valence-corrected chi connectivity index (χ1v) is 7.73. The zero-order valence-corrected chi connectivity index (χ0v) is 13.2. The average molecular weight is 324 g/mol. The molecule has 0 aromatic heterocycles. The van der Waals surface area contributed by atoms with Crippen molar-refractivity contribution in [2.24, 2.45) is 5.41 Å². The number of epoxide rings is 1. The number of Topliss-reactive ketones (excluding diaryl/α,β-unsaturated/α-hetero) is 2. The van der Waals surface area contributed by atoms with Gasteiger partial charge in [-0.05, 0) is 31.9 Å². The minimum Gasteiger partial charge on any atom is -0.390 e. The molecule has 3 N–H and O–H groups in total. The highest BCUT2D eigenvalue weighted by atomic mass is 16.6. The number of ketones is 2. The predicted octanol–water partition coefficient (Wildman–Crippen LogP) is -1.13. The average Bonchev–Trinajstić information content (AvgIpc) is 3.24. The lowest BCUT2D eigenvalue weighted by atomic mass is 9.52. The van der Waals surface area contributed by atoms with E-state index in [1.54, 1.807) is 6.92 Å². The lowest BCUT2D eigenvalue weighted by Gasteiger charge is -2.59. The van der Waals surface area contributed by atoms with Crippen molar-refractivity contribution in [2.45, 2.75) is 62.3 Å². The van der Waals surface area contributed by atoms with Crippen LogP contribution in [0.3, 0.4) is 0 Å². The van der Waals surface area contributed by atoms with E-state index in [2.05, 4.69) is 0 Å². The third-order valence-corrected chi connectivity index (χ3v) is 6.51. The Labute approximate surface area is 132 Å². The molecule has 126 valence electrons. The molecule has 1 saturated carbocycles. The van der Waals surface area contributed by atoms with Crippen molar-refractivity contribution in [1.82, 2.24) is 0 Å². The van der Waals surface area contributed by atoms with E-state index in [0.717, 1.165) is 6.92 Å². The fourth-order valence-corrected chi connectivity index (χ4v) is 5.09. The Morgan fingerprint density at radius 2 is 2.00 bits per heavy atom. The molecule has 2 bridgehead atoms. The summed E-state index contributed by atoms with van der Waals surface area (Å²) in [6.07, 6.45) is -1.14. The Hall–Kier alpha value is -1.12. The standard InChI is InChI=1S/C16H20O7/c1-7-4-10-16(21,15(20,8(2)17)11(7)19)13(3)5-9(18)12(23-10)14(13)6-22-14/h4,9-10,12,18,20-21H,5-6H2,1-3H3. The topological polar surface area (TPSA) is 117 Å². The Kier molecular flexibility index (Phi) is 2.63. The lowest BCUT2D eigenvalue weighted by Crippen LogP contribution is -2.80. The van der Waals surface area contributed by atoms with Gasteiger partial charge in [0, 0.05) is 5.41 Å². The van der Waals surface area contributed by atoms with Crippen LogP contribution in [0.4, 0.5) is 0 Å². The summed E-state index contributed by atoms with van der Waals surface area (Å²) < 4.78 is 11.4. The van der Waals surface area contributed by atoms with Crippen LogP contribution < -0.4 is 0 Å². The van der Waals surface area contributed by atoms with Gasteiger partial charge in [-0.15, -0.1) is 0 Å². The number of rotatable bonds is 1. The molecule has 2 aliphatic heterocycles. The minimum atomic E-state index is -2.63.